The zero-order valence-electron chi connectivity index (χ0n) is 10.2. The van der Waals surface area contributed by atoms with Gasteiger partial charge in [0.2, 0.25) is 5.91 Å². The van der Waals surface area contributed by atoms with Gasteiger partial charge in [0.1, 0.15) is 5.82 Å². The van der Waals surface area contributed by atoms with Crippen molar-refractivity contribution in [3.05, 3.63) is 69.4 Å². The Bertz CT molecular complexity index is 673. The van der Waals surface area contributed by atoms with E-state index in [0.29, 0.717) is 5.69 Å². The fourth-order valence-corrected chi connectivity index (χ4v) is 2.14. The maximum absolute atomic E-state index is 13.0. The maximum atomic E-state index is 13.0. The van der Waals surface area contributed by atoms with Gasteiger partial charge in [-0.1, -0.05) is 39.7 Å². The van der Waals surface area contributed by atoms with E-state index in [2.05, 4.69) is 21.2 Å². The van der Waals surface area contributed by atoms with Crippen LogP contribution in [0, 0.1) is 5.82 Å². The minimum absolute atomic E-state index is 0.0289. The molecule has 2 aromatic carbocycles. The molecule has 0 heterocycles. The molecule has 0 aliphatic rings. The SMILES string of the molecule is O=C(/C=C/c1cccc(Br)c1)Nc1ccc(F)c(Cl)c1. The van der Waals surface area contributed by atoms with Gasteiger partial charge in [-0.3, -0.25) is 4.79 Å². The Hall–Kier alpha value is -1.65. The summed E-state index contributed by atoms with van der Waals surface area (Å²) in [6.45, 7) is 0. The summed E-state index contributed by atoms with van der Waals surface area (Å²) >= 11 is 8.99. The minimum atomic E-state index is -0.519. The fourth-order valence-electron chi connectivity index (χ4n) is 1.54. The Morgan fingerprint density at radius 3 is 2.75 bits per heavy atom. The number of rotatable bonds is 3. The highest BCUT2D eigenvalue weighted by Crippen LogP contribution is 2.19. The van der Waals surface area contributed by atoms with Crippen molar-refractivity contribution in [1.82, 2.24) is 0 Å². The summed E-state index contributed by atoms with van der Waals surface area (Å²) in [7, 11) is 0. The molecule has 5 heteroatoms. The van der Waals surface area contributed by atoms with Crippen LogP contribution in [0.5, 0.6) is 0 Å². The molecule has 0 radical (unpaired) electrons. The van der Waals surface area contributed by atoms with Crippen LogP contribution in [-0.4, -0.2) is 5.91 Å². The van der Waals surface area contributed by atoms with Crippen molar-refractivity contribution >= 4 is 45.2 Å². The lowest BCUT2D eigenvalue weighted by atomic mass is 10.2. The van der Waals surface area contributed by atoms with E-state index >= 15 is 0 Å². The Morgan fingerprint density at radius 1 is 1.25 bits per heavy atom. The average molecular weight is 355 g/mol. The highest BCUT2D eigenvalue weighted by Gasteiger charge is 2.02. The molecule has 0 saturated carbocycles. The third-order valence-corrected chi connectivity index (χ3v) is 3.25. The lowest BCUT2D eigenvalue weighted by Crippen LogP contribution is -2.07. The molecule has 0 spiro atoms. The maximum Gasteiger partial charge on any atom is 0.248 e. The van der Waals surface area contributed by atoms with E-state index in [1.54, 1.807) is 6.08 Å². The van der Waals surface area contributed by atoms with Gasteiger partial charge in [0.15, 0.2) is 0 Å². The summed E-state index contributed by atoms with van der Waals surface area (Å²) in [5, 5.41) is 2.58. The summed E-state index contributed by atoms with van der Waals surface area (Å²) < 4.78 is 13.9. The van der Waals surface area contributed by atoms with E-state index < -0.39 is 5.82 Å². The second-order valence-electron chi connectivity index (χ2n) is 4.01. The number of anilines is 1. The summed E-state index contributed by atoms with van der Waals surface area (Å²) in [4.78, 5) is 11.7. The second kappa shape index (κ2) is 6.68. The van der Waals surface area contributed by atoms with E-state index in [0.717, 1.165) is 10.0 Å². The van der Waals surface area contributed by atoms with Gasteiger partial charge < -0.3 is 5.32 Å². The van der Waals surface area contributed by atoms with Crippen molar-refractivity contribution in [3.63, 3.8) is 0 Å². The molecule has 1 amide bonds. The van der Waals surface area contributed by atoms with Gasteiger partial charge in [0.25, 0.3) is 0 Å². The van der Waals surface area contributed by atoms with Crippen LogP contribution in [0.2, 0.25) is 5.02 Å². The Kier molecular flexibility index (Phi) is 4.93. The number of nitrogens with one attached hydrogen (secondary N) is 1. The van der Waals surface area contributed by atoms with E-state index in [1.807, 2.05) is 24.3 Å². The zero-order chi connectivity index (χ0) is 14.5. The van der Waals surface area contributed by atoms with Crippen LogP contribution in [0.4, 0.5) is 10.1 Å². The Balaban J connectivity index is 2.03. The standard InChI is InChI=1S/C15H10BrClFNO/c16-11-3-1-2-10(8-11)4-7-15(20)19-12-5-6-14(18)13(17)9-12/h1-9H,(H,19,20)/b7-4+. The third kappa shape index (κ3) is 4.18. The first-order chi connectivity index (χ1) is 9.54. The van der Waals surface area contributed by atoms with Crippen LogP contribution in [0.25, 0.3) is 6.08 Å². The number of amides is 1. The van der Waals surface area contributed by atoms with Gasteiger partial charge >= 0.3 is 0 Å². The van der Waals surface area contributed by atoms with Gasteiger partial charge in [-0.25, -0.2) is 4.39 Å². The van der Waals surface area contributed by atoms with Crippen LogP contribution in [-0.2, 0) is 4.79 Å². The van der Waals surface area contributed by atoms with Crippen LogP contribution >= 0.6 is 27.5 Å². The average Bonchev–Trinajstić information content (AvgIpc) is 2.41. The number of carbonyl (C=O) groups is 1. The highest BCUT2D eigenvalue weighted by molar-refractivity contribution is 9.10. The largest absolute Gasteiger partial charge is 0.322 e. The fraction of sp³-hybridized carbons (Fsp3) is 0. The molecule has 2 nitrogen and oxygen atoms in total. The van der Waals surface area contributed by atoms with Crippen LogP contribution in [0.3, 0.4) is 0 Å². The quantitative estimate of drug-likeness (QED) is 0.781. The van der Waals surface area contributed by atoms with Crippen molar-refractivity contribution in [3.8, 4) is 0 Å². The van der Waals surface area contributed by atoms with Crippen molar-refractivity contribution in [2.45, 2.75) is 0 Å². The van der Waals surface area contributed by atoms with Crippen molar-refractivity contribution < 1.29 is 9.18 Å². The Morgan fingerprint density at radius 2 is 2.05 bits per heavy atom. The monoisotopic (exact) mass is 353 g/mol. The van der Waals surface area contributed by atoms with Crippen LogP contribution in [0.15, 0.2) is 53.0 Å². The molecule has 0 aliphatic carbocycles. The normalized spacial score (nSPS) is 10.8. The van der Waals surface area contributed by atoms with Crippen LogP contribution in [0.1, 0.15) is 5.56 Å². The lowest BCUT2D eigenvalue weighted by Gasteiger charge is -2.03. The summed E-state index contributed by atoms with van der Waals surface area (Å²) in [6, 6.07) is 11.6. The topological polar surface area (TPSA) is 29.1 Å². The number of hydrogen-bond acceptors (Lipinski definition) is 1. The highest BCUT2D eigenvalue weighted by atomic mass is 79.9. The second-order valence-corrected chi connectivity index (χ2v) is 5.33. The molecule has 0 atom stereocenters. The smallest absolute Gasteiger partial charge is 0.248 e. The summed E-state index contributed by atoms with van der Waals surface area (Å²) in [5.41, 5.74) is 1.34. The molecule has 0 saturated heterocycles. The van der Waals surface area contributed by atoms with E-state index in [-0.39, 0.29) is 10.9 Å². The van der Waals surface area contributed by atoms with Gasteiger partial charge in [0, 0.05) is 16.2 Å². The predicted molar refractivity (Wildman–Crippen MR) is 83.2 cm³/mol. The lowest BCUT2D eigenvalue weighted by molar-refractivity contribution is -0.111. The first kappa shape index (κ1) is 14.8. The molecular weight excluding hydrogens is 345 g/mol. The Labute approximate surface area is 129 Å². The zero-order valence-corrected chi connectivity index (χ0v) is 12.6. The van der Waals surface area contributed by atoms with Gasteiger partial charge in [-0.2, -0.15) is 0 Å². The molecular formula is C15H10BrClFNO. The van der Waals surface area contributed by atoms with Crippen molar-refractivity contribution in [2.24, 2.45) is 0 Å². The molecule has 0 fully saturated rings. The predicted octanol–water partition coefficient (Wildman–Crippen LogP) is 4.89. The van der Waals surface area contributed by atoms with Gasteiger partial charge in [0.05, 0.1) is 5.02 Å². The first-order valence-corrected chi connectivity index (χ1v) is 6.91. The number of carbonyl (C=O) groups excluding carboxylic acids is 1. The molecule has 0 aliphatic heterocycles. The van der Waals surface area contributed by atoms with E-state index in [4.69, 9.17) is 11.6 Å². The van der Waals surface area contributed by atoms with E-state index in [9.17, 15) is 9.18 Å². The first-order valence-electron chi connectivity index (χ1n) is 5.74. The molecule has 102 valence electrons. The van der Waals surface area contributed by atoms with Crippen molar-refractivity contribution in [2.75, 3.05) is 5.32 Å². The van der Waals surface area contributed by atoms with Gasteiger partial charge in [-0.05, 0) is 42.0 Å². The molecule has 1 N–H and O–H groups in total. The molecule has 0 aromatic heterocycles. The van der Waals surface area contributed by atoms with Crippen LogP contribution < -0.4 is 5.32 Å². The molecule has 2 rings (SSSR count). The summed E-state index contributed by atoms with van der Waals surface area (Å²) in [6.07, 6.45) is 3.09. The summed E-state index contributed by atoms with van der Waals surface area (Å²) in [5.74, 6) is -0.831. The number of hydrogen-bond donors (Lipinski definition) is 1. The molecule has 0 unspecified atom stereocenters. The third-order valence-electron chi connectivity index (χ3n) is 2.46. The number of halogens is 3. The number of benzene rings is 2. The van der Waals surface area contributed by atoms with Gasteiger partial charge in [-0.15, -0.1) is 0 Å². The van der Waals surface area contributed by atoms with Crippen molar-refractivity contribution in [1.29, 1.82) is 0 Å². The van der Waals surface area contributed by atoms with E-state index in [1.165, 1.54) is 24.3 Å². The molecule has 20 heavy (non-hydrogen) atoms. The molecule has 0 bridgehead atoms. The molecule has 2 aromatic rings. The minimum Gasteiger partial charge on any atom is -0.322 e.